The van der Waals surface area contributed by atoms with Crippen LogP contribution in [0, 0.1) is 0 Å². The zero-order valence-corrected chi connectivity index (χ0v) is 20.4. The van der Waals surface area contributed by atoms with Gasteiger partial charge in [-0.3, -0.25) is 9.69 Å². The zero-order valence-electron chi connectivity index (χ0n) is 20.4. The Labute approximate surface area is 179 Å². The van der Waals surface area contributed by atoms with E-state index in [1.165, 1.54) is 0 Å². The second-order valence-electron chi connectivity index (χ2n) is 10.6. The van der Waals surface area contributed by atoms with E-state index in [4.69, 9.17) is 0 Å². The molecule has 0 atom stereocenters. The molecule has 0 saturated carbocycles. The number of nitrogens with one attached hydrogen (secondary N) is 2. The summed E-state index contributed by atoms with van der Waals surface area (Å²) < 4.78 is 0. The Hall–Kier alpha value is -1.43. The summed E-state index contributed by atoms with van der Waals surface area (Å²) in [6.07, 6.45) is 0. The average Bonchev–Trinajstić information content (AvgIpc) is 2.58. The third-order valence-corrected chi connectivity index (χ3v) is 5.29. The number of hydrogen-bond acceptors (Lipinski definition) is 5. The van der Waals surface area contributed by atoms with E-state index in [0.29, 0.717) is 0 Å². The highest BCUT2D eigenvalue weighted by atomic mass is 16.1. The van der Waals surface area contributed by atoms with Gasteiger partial charge in [0, 0.05) is 55.6 Å². The summed E-state index contributed by atoms with van der Waals surface area (Å²) in [5.74, 6) is 0.152. The summed E-state index contributed by atoms with van der Waals surface area (Å²) in [6, 6.07) is 7.99. The van der Waals surface area contributed by atoms with Crippen LogP contribution in [-0.2, 0) is 0 Å². The maximum Gasteiger partial charge on any atom is 0.182 e. The SMILES string of the molecule is CN(CCNC(C)(C)C)c1ccc(C(=O)C(C)(C)N(C)CCNC(C)(C)C)cc1. The van der Waals surface area contributed by atoms with Crippen LogP contribution in [0.3, 0.4) is 0 Å². The van der Waals surface area contributed by atoms with Gasteiger partial charge < -0.3 is 15.5 Å². The lowest BCUT2D eigenvalue weighted by molar-refractivity contribution is 0.0706. The van der Waals surface area contributed by atoms with Gasteiger partial charge in [0.15, 0.2) is 5.78 Å². The predicted molar refractivity (Wildman–Crippen MR) is 126 cm³/mol. The molecular formula is C24H44N4O. The van der Waals surface area contributed by atoms with Crippen LogP contribution in [0.2, 0.25) is 0 Å². The van der Waals surface area contributed by atoms with Gasteiger partial charge in [0.25, 0.3) is 0 Å². The lowest BCUT2D eigenvalue weighted by atomic mass is 9.91. The van der Waals surface area contributed by atoms with Crippen molar-refractivity contribution in [1.29, 1.82) is 0 Å². The van der Waals surface area contributed by atoms with Gasteiger partial charge >= 0.3 is 0 Å². The van der Waals surface area contributed by atoms with Crippen LogP contribution in [-0.4, -0.2) is 67.6 Å². The highest BCUT2D eigenvalue weighted by Gasteiger charge is 2.32. The van der Waals surface area contributed by atoms with Crippen LogP contribution in [0.4, 0.5) is 5.69 Å². The lowest BCUT2D eigenvalue weighted by Crippen LogP contribution is -2.51. The van der Waals surface area contributed by atoms with Crippen LogP contribution < -0.4 is 15.5 Å². The summed E-state index contributed by atoms with van der Waals surface area (Å²) in [4.78, 5) is 17.5. The molecule has 0 aliphatic carbocycles. The number of likely N-dealkylation sites (N-methyl/N-ethyl adjacent to an activating group) is 2. The van der Waals surface area contributed by atoms with Gasteiger partial charge in [-0.05, 0) is 86.7 Å². The minimum absolute atomic E-state index is 0.0826. The van der Waals surface area contributed by atoms with Crippen LogP contribution in [0.25, 0.3) is 0 Å². The number of anilines is 1. The second kappa shape index (κ2) is 10.1. The molecular weight excluding hydrogens is 360 g/mol. The Kier molecular flexibility index (Phi) is 8.88. The Morgan fingerprint density at radius 1 is 0.793 bits per heavy atom. The molecule has 0 spiro atoms. The van der Waals surface area contributed by atoms with Crippen molar-refractivity contribution in [2.75, 3.05) is 45.2 Å². The number of Topliss-reactive ketones (excluding diaryl/α,β-unsaturated/α-hetero) is 1. The molecule has 0 aliphatic heterocycles. The number of rotatable bonds is 10. The molecule has 0 radical (unpaired) electrons. The molecule has 0 fully saturated rings. The van der Waals surface area contributed by atoms with Gasteiger partial charge in [0.2, 0.25) is 0 Å². The van der Waals surface area contributed by atoms with Crippen molar-refractivity contribution in [2.45, 2.75) is 72.0 Å². The third-order valence-electron chi connectivity index (χ3n) is 5.29. The van der Waals surface area contributed by atoms with Gasteiger partial charge in [-0.15, -0.1) is 0 Å². The van der Waals surface area contributed by atoms with Crippen LogP contribution in [0.5, 0.6) is 0 Å². The van der Waals surface area contributed by atoms with E-state index in [1.807, 2.05) is 45.2 Å². The Morgan fingerprint density at radius 3 is 1.69 bits per heavy atom. The van der Waals surface area contributed by atoms with Crippen molar-refractivity contribution in [3.63, 3.8) is 0 Å². The largest absolute Gasteiger partial charge is 0.373 e. The zero-order chi connectivity index (χ0) is 22.5. The fourth-order valence-corrected chi connectivity index (χ4v) is 3.00. The highest BCUT2D eigenvalue weighted by molar-refractivity contribution is 6.02. The maximum absolute atomic E-state index is 13.1. The van der Waals surface area contributed by atoms with Crippen molar-refractivity contribution in [3.05, 3.63) is 29.8 Å². The molecule has 2 N–H and O–H groups in total. The minimum Gasteiger partial charge on any atom is -0.373 e. The first kappa shape index (κ1) is 25.6. The molecule has 0 amide bonds. The van der Waals surface area contributed by atoms with Crippen LogP contribution in [0.15, 0.2) is 24.3 Å². The topological polar surface area (TPSA) is 47.6 Å². The molecule has 5 nitrogen and oxygen atoms in total. The molecule has 166 valence electrons. The quantitative estimate of drug-likeness (QED) is 0.581. The Balaban J connectivity index is 2.69. The molecule has 1 aromatic carbocycles. The number of nitrogens with zero attached hydrogens (tertiary/aromatic N) is 2. The lowest BCUT2D eigenvalue weighted by Gasteiger charge is -2.35. The smallest absolute Gasteiger partial charge is 0.182 e. The fourth-order valence-electron chi connectivity index (χ4n) is 3.00. The highest BCUT2D eigenvalue weighted by Crippen LogP contribution is 2.21. The standard InChI is InChI=1S/C24H44N4O/c1-22(2,3)25-15-17-27(9)20-13-11-19(12-14-20)21(29)24(7,8)28(10)18-16-26-23(4,5)6/h11-14,25-26H,15-18H2,1-10H3. The van der Waals surface area contributed by atoms with E-state index in [0.717, 1.165) is 37.4 Å². The molecule has 0 aliphatic rings. The van der Waals surface area contributed by atoms with Crippen LogP contribution in [0.1, 0.15) is 65.7 Å². The van der Waals surface area contributed by atoms with Crippen molar-refractivity contribution < 1.29 is 4.79 Å². The number of benzene rings is 1. The van der Waals surface area contributed by atoms with Crippen LogP contribution >= 0.6 is 0 Å². The Morgan fingerprint density at radius 2 is 1.24 bits per heavy atom. The molecule has 0 unspecified atom stereocenters. The summed E-state index contributed by atoms with van der Waals surface area (Å²) in [5, 5.41) is 6.99. The third kappa shape index (κ3) is 8.85. The van der Waals surface area contributed by atoms with Crippen molar-refractivity contribution in [1.82, 2.24) is 15.5 Å². The average molecular weight is 405 g/mol. The second-order valence-corrected chi connectivity index (χ2v) is 10.6. The van der Waals surface area contributed by atoms with Crippen molar-refractivity contribution in [2.24, 2.45) is 0 Å². The van der Waals surface area contributed by atoms with Gasteiger partial charge in [0.05, 0.1) is 5.54 Å². The summed E-state index contributed by atoms with van der Waals surface area (Å²) in [7, 11) is 4.10. The van der Waals surface area contributed by atoms with E-state index < -0.39 is 5.54 Å². The van der Waals surface area contributed by atoms with E-state index in [2.05, 4.69) is 69.0 Å². The normalized spacial score (nSPS) is 13.1. The fraction of sp³-hybridized carbons (Fsp3) is 0.708. The molecule has 0 heterocycles. The van der Waals surface area contributed by atoms with Gasteiger partial charge in [0.1, 0.15) is 0 Å². The number of carbonyl (C=O) groups excluding carboxylic acids is 1. The van der Waals surface area contributed by atoms with Gasteiger partial charge in [-0.1, -0.05) is 0 Å². The molecule has 1 rings (SSSR count). The van der Waals surface area contributed by atoms with Crippen molar-refractivity contribution >= 4 is 11.5 Å². The first-order valence-electron chi connectivity index (χ1n) is 10.7. The van der Waals surface area contributed by atoms with E-state index in [9.17, 15) is 4.79 Å². The summed E-state index contributed by atoms with van der Waals surface area (Å²) in [6.45, 7) is 20.5. The predicted octanol–water partition coefficient (Wildman–Crippen LogP) is 3.79. The summed E-state index contributed by atoms with van der Waals surface area (Å²) >= 11 is 0. The number of carbonyl (C=O) groups is 1. The molecule has 0 aromatic heterocycles. The minimum atomic E-state index is -0.552. The summed E-state index contributed by atoms with van der Waals surface area (Å²) in [5.41, 5.74) is 1.54. The van der Waals surface area contributed by atoms with Gasteiger partial charge in [-0.2, -0.15) is 0 Å². The van der Waals surface area contributed by atoms with E-state index in [-0.39, 0.29) is 16.9 Å². The number of hydrogen-bond donors (Lipinski definition) is 2. The van der Waals surface area contributed by atoms with E-state index in [1.54, 1.807) is 0 Å². The molecule has 0 bridgehead atoms. The molecule has 29 heavy (non-hydrogen) atoms. The number of ketones is 1. The monoisotopic (exact) mass is 404 g/mol. The first-order chi connectivity index (χ1) is 13.1. The maximum atomic E-state index is 13.1. The molecule has 5 heteroatoms. The van der Waals surface area contributed by atoms with E-state index >= 15 is 0 Å². The Bertz CT molecular complexity index is 638. The molecule has 0 saturated heterocycles. The van der Waals surface area contributed by atoms with Crippen molar-refractivity contribution in [3.8, 4) is 0 Å². The van der Waals surface area contributed by atoms with Gasteiger partial charge in [-0.25, -0.2) is 0 Å². The first-order valence-corrected chi connectivity index (χ1v) is 10.7. The molecule has 1 aromatic rings.